The van der Waals surface area contributed by atoms with Crippen molar-refractivity contribution >= 4 is 11.4 Å². The van der Waals surface area contributed by atoms with E-state index < -0.39 is 0 Å². The molecule has 0 heterocycles. The van der Waals surface area contributed by atoms with Crippen molar-refractivity contribution in [2.24, 2.45) is 0 Å². The third-order valence-electron chi connectivity index (χ3n) is 2.29. The molecule has 2 aromatic rings. The van der Waals surface area contributed by atoms with Crippen LogP contribution >= 0.6 is 0 Å². The molecule has 2 nitrogen and oxygen atoms in total. The Bertz CT molecular complexity index is 360. The predicted molar refractivity (Wildman–Crippen MR) is 73.7 cm³/mol. The Hall–Kier alpha value is -1.80. The molecule has 0 saturated heterocycles. The van der Waals surface area contributed by atoms with E-state index in [0.717, 1.165) is 0 Å². The maximum Gasteiger partial charge on any atom is 0.0408 e. The van der Waals surface area contributed by atoms with Crippen molar-refractivity contribution in [3.05, 3.63) is 60.7 Å². The topological polar surface area (TPSA) is 23.5 Å². The van der Waals surface area contributed by atoms with Crippen molar-refractivity contribution < 1.29 is 5.11 Å². The van der Waals surface area contributed by atoms with Gasteiger partial charge in [-0.25, -0.2) is 0 Å². The molecular formula is C15H19NO. The Morgan fingerprint density at radius 3 is 1.41 bits per heavy atom. The summed E-state index contributed by atoms with van der Waals surface area (Å²) in [5, 5.41) is 7.57. The normalized spacial score (nSPS) is 9.12. The van der Waals surface area contributed by atoms with Crippen LogP contribution in [0.5, 0.6) is 0 Å². The van der Waals surface area contributed by atoms with Crippen LogP contribution in [0.2, 0.25) is 0 Å². The van der Waals surface area contributed by atoms with Crippen LogP contribution in [0.15, 0.2) is 60.7 Å². The molecule has 0 aliphatic rings. The van der Waals surface area contributed by atoms with Crippen LogP contribution in [-0.2, 0) is 0 Å². The van der Waals surface area contributed by atoms with Crippen molar-refractivity contribution in [1.82, 2.24) is 0 Å². The number of nitrogens with zero attached hydrogens (tertiary/aromatic N) is 1. The van der Waals surface area contributed by atoms with E-state index in [1.807, 2.05) is 12.1 Å². The maximum atomic E-state index is 7.57. The first kappa shape index (κ1) is 13.3. The van der Waals surface area contributed by atoms with E-state index in [0.29, 0.717) is 0 Å². The SMILES string of the molecule is CCO.CN(c1ccccc1)c1ccccc1. The van der Waals surface area contributed by atoms with Crippen LogP contribution in [0.25, 0.3) is 0 Å². The molecule has 2 aromatic carbocycles. The summed E-state index contributed by atoms with van der Waals surface area (Å²) in [5.41, 5.74) is 2.41. The lowest BCUT2D eigenvalue weighted by molar-refractivity contribution is 0.318. The molecule has 1 N–H and O–H groups in total. The van der Waals surface area contributed by atoms with Gasteiger partial charge in [-0.1, -0.05) is 36.4 Å². The Labute approximate surface area is 103 Å². The number of para-hydroxylation sites is 2. The van der Waals surface area contributed by atoms with Crippen LogP contribution < -0.4 is 4.90 Å². The fraction of sp³-hybridized carbons (Fsp3) is 0.200. The zero-order valence-electron chi connectivity index (χ0n) is 10.4. The summed E-state index contributed by atoms with van der Waals surface area (Å²) < 4.78 is 0. The molecule has 0 amide bonds. The van der Waals surface area contributed by atoms with E-state index in [4.69, 9.17) is 5.11 Å². The summed E-state index contributed by atoms with van der Waals surface area (Å²) in [6.45, 7) is 1.93. The lowest BCUT2D eigenvalue weighted by Crippen LogP contribution is -2.08. The monoisotopic (exact) mass is 229 g/mol. The highest BCUT2D eigenvalue weighted by atomic mass is 16.2. The van der Waals surface area contributed by atoms with Gasteiger partial charge in [-0.3, -0.25) is 0 Å². The molecule has 0 fully saturated rings. The average molecular weight is 229 g/mol. The van der Waals surface area contributed by atoms with Crippen molar-refractivity contribution in [3.8, 4) is 0 Å². The molecule has 0 aromatic heterocycles. The molecule has 2 heteroatoms. The highest BCUT2D eigenvalue weighted by molar-refractivity contribution is 5.61. The summed E-state index contributed by atoms with van der Waals surface area (Å²) in [6, 6.07) is 20.7. The molecule has 17 heavy (non-hydrogen) atoms. The number of rotatable bonds is 2. The quantitative estimate of drug-likeness (QED) is 0.852. The van der Waals surface area contributed by atoms with Crippen molar-refractivity contribution in [2.45, 2.75) is 6.92 Å². The molecule has 0 bridgehead atoms. The summed E-state index contributed by atoms with van der Waals surface area (Å²) in [5.74, 6) is 0. The number of anilines is 2. The minimum Gasteiger partial charge on any atom is -0.397 e. The van der Waals surface area contributed by atoms with E-state index in [2.05, 4.69) is 60.5 Å². The Kier molecular flexibility index (Phi) is 5.83. The van der Waals surface area contributed by atoms with Gasteiger partial charge in [0.1, 0.15) is 0 Å². The van der Waals surface area contributed by atoms with Gasteiger partial charge in [-0.05, 0) is 31.2 Å². The predicted octanol–water partition coefficient (Wildman–Crippen LogP) is 3.45. The van der Waals surface area contributed by atoms with Crippen LogP contribution in [0.1, 0.15) is 6.92 Å². The van der Waals surface area contributed by atoms with E-state index in [-0.39, 0.29) is 6.61 Å². The first-order chi connectivity index (χ1) is 8.29. The van der Waals surface area contributed by atoms with E-state index in [1.54, 1.807) is 6.92 Å². The van der Waals surface area contributed by atoms with Crippen molar-refractivity contribution in [3.63, 3.8) is 0 Å². The Balaban J connectivity index is 0.000000437. The highest BCUT2D eigenvalue weighted by Gasteiger charge is 2.00. The summed E-state index contributed by atoms with van der Waals surface area (Å²) in [4.78, 5) is 2.17. The lowest BCUT2D eigenvalue weighted by Gasteiger charge is -2.18. The van der Waals surface area contributed by atoms with Gasteiger partial charge < -0.3 is 10.0 Å². The van der Waals surface area contributed by atoms with Crippen LogP contribution in [0.4, 0.5) is 11.4 Å². The second kappa shape index (κ2) is 7.47. The molecule has 0 saturated carbocycles. The first-order valence-electron chi connectivity index (χ1n) is 5.74. The largest absolute Gasteiger partial charge is 0.397 e. The zero-order chi connectivity index (χ0) is 12.5. The van der Waals surface area contributed by atoms with Crippen molar-refractivity contribution in [1.29, 1.82) is 0 Å². The minimum atomic E-state index is 0.250. The second-order valence-electron chi connectivity index (χ2n) is 3.55. The summed E-state index contributed by atoms with van der Waals surface area (Å²) in [6.07, 6.45) is 0. The molecular weight excluding hydrogens is 210 g/mol. The van der Waals surface area contributed by atoms with Crippen molar-refractivity contribution in [2.75, 3.05) is 18.6 Å². The maximum absolute atomic E-state index is 7.57. The van der Waals surface area contributed by atoms with Gasteiger partial charge in [0.25, 0.3) is 0 Å². The molecule has 0 unspecified atom stereocenters. The van der Waals surface area contributed by atoms with E-state index in [9.17, 15) is 0 Å². The number of benzene rings is 2. The Morgan fingerprint density at radius 2 is 1.12 bits per heavy atom. The molecule has 2 rings (SSSR count). The molecule has 0 aliphatic heterocycles. The molecule has 0 spiro atoms. The summed E-state index contributed by atoms with van der Waals surface area (Å²) in [7, 11) is 2.07. The number of aliphatic hydroxyl groups excluding tert-OH is 1. The van der Waals surface area contributed by atoms with Gasteiger partial charge in [0.15, 0.2) is 0 Å². The third kappa shape index (κ3) is 4.29. The van der Waals surface area contributed by atoms with Gasteiger partial charge >= 0.3 is 0 Å². The molecule has 0 atom stereocenters. The average Bonchev–Trinajstić information content (AvgIpc) is 2.41. The van der Waals surface area contributed by atoms with Crippen LogP contribution in [-0.4, -0.2) is 18.8 Å². The van der Waals surface area contributed by atoms with E-state index >= 15 is 0 Å². The Morgan fingerprint density at radius 1 is 0.824 bits per heavy atom. The van der Waals surface area contributed by atoms with E-state index in [1.165, 1.54) is 11.4 Å². The molecule has 90 valence electrons. The van der Waals surface area contributed by atoms with Gasteiger partial charge in [0, 0.05) is 25.0 Å². The fourth-order valence-corrected chi connectivity index (χ4v) is 1.45. The van der Waals surface area contributed by atoms with Gasteiger partial charge in [0.05, 0.1) is 0 Å². The second-order valence-corrected chi connectivity index (χ2v) is 3.55. The molecule has 0 aliphatic carbocycles. The number of aliphatic hydroxyl groups is 1. The lowest BCUT2D eigenvalue weighted by atomic mass is 10.2. The minimum absolute atomic E-state index is 0.250. The fourth-order valence-electron chi connectivity index (χ4n) is 1.45. The first-order valence-corrected chi connectivity index (χ1v) is 5.74. The number of hydrogen-bond acceptors (Lipinski definition) is 2. The van der Waals surface area contributed by atoms with Gasteiger partial charge in [-0.2, -0.15) is 0 Å². The number of hydrogen-bond donors (Lipinski definition) is 1. The van der Waals surface area contributed by atoms with Gasteiger partial charge in [-0.15, -0.1) is 0 Å². The summed E-state index contributed by atoms with van der Waals surface area (Å²) >= 11 is 0. The smallest absolute Gasteiger partial charge is 0.0408 e. The third-order valence-corrected chi connectivity index (χ3v) is 2.29. The standard InChI is InChI=1S/C13H13N.C2H6O/c1-14(12-8-4-2-5-9-12)13-10-6-3-7-11-13;1-2-3/h2-11H,1H3;3H,2H2,1H3. The molecule has 0 radical (unpaired) electrons. The zero-order valence-corrected chi connectivity index (χ0v) is 10.4. The van der Waals surface area contributed by atoms with Crippen LogP contribution in [0.3, 0.4) is 0 Å². The highest BCUT2D eigenvalue weighted by Crippen LogP contribution is 2.21. The van der Waals surface area contributed by atoms with Crippen LogP contribution in [0, 0.1) is 0 Å². The van der Waals surface area contributed by atoms with Gasteiger partial charge in [0.2, 0.25) is 0 Å².